The number of rotatable bonds is 4. The average molecular weight is 422 g/mol. The number of aryl methyl sites for hydroxylation is 1. The van der Waals surface area contributed by atoms with Crippen molar-refractivity contribution in [1.82, 2.24) is 14.0 Å². The number of ether oxygens (including phenoxy) is 2. The number of amides is 1. The molecule has 1 saturated heterocycles. The van der Waals surface area contributed by atoms with Crippen LogP contribution in [-0.2, 0) is 23.1 Å². The summed E-state index contributed by atoms with van der Waals surface area (Å²) in [5.74, 6) is 1.32. The maximum absolute atomic E-state index is 12.8. The van der Waals surface area contributed by atoms with Crippen molar-refractivity contribution in [2.24, 2.45) is 18.9 Å². The van der Waals surface area contributed by atoms with Gasteiger partial charge in [-0.25, -0.2) is 4.79 Å². The van der Waals surface area contributed by atoms with Crippen LogP contribution >= 0.6 is 11.6 Å². The Balaban J connectivity index is 1.46. The van der Waals surface area contributed by atoms with E-state index in [-0.39, 0.29) is 17.5 Å². The van der Waals surface area contributed by atoms with E-state index in [1.165, 1.54) is 0 Å². The number of carbonyl (C=O) groups is 1. The predicted octanol–water partition coefficient (Wildman–Crippen LogP) is 2.67. The molecule has 8 heteroatoms. The van der Waals surface area contributed by atoms with Crippen LogP contribution in [0.3, 0.4) is 0 Å². The number of fused-ring (bicyclic) bond motifs is 1. The van der Waals surface area contributed by atoms with Gasteiger partial charge in [0, 0.05) is 38.7 Å². The molecule has 0 radical (unpaired) electrons. The Bertz CT molecular complexity index is 953. The van der Waals surface area contributed by atoms with Gasteiger partial charge in [-0.3, -0.25) is 13.9 Å². The van der Waals surface area contributed by atoms with Crippen LogP contribution in [0.25, 0.3) is 11.0 Å². The highest BCUT2D eigenvalue weighted by Gasteiger charge is 2.31. The van der Waals surface area contributed by atoms with Gasteiger partial charge in [-0.2, -0.15) is 0 Å². The number of benzene rings is 1. The Morgan fingerprint density at radius 1 is 1.17 bits per heavy atom. The maximum atomic E-state index is 12.8. The molecule has 0 bridgehead atoms. The second-order valence-electron chi connectivity index (χ2n) is 8.08. The van der Waals surface area contributed by atoms with Gasteiger partial charge < -0.3 is 14.4 Å². The van der Waals surface area contributed by atoms with Gasteiger partial charge in [0.1, 0.15) is 5.75 Å². The normalized spacial score (nSPS) is 22.8. The summed E-state index contributed by atoms with van der Waals surface area (Å²) in [6, 6.07) is 3.62. The summed E-state index contributed by atoms with van der Waals surface area (Å²) in [6.45, 7) is 3.33. The molecule has 1 aliphatic carbocycles. The Hall–Kier alpha value is -1.99. The van der Waals surface area contributed by atoms with Gasteiger partial charge in [-0.05, 0) is 37.7 Å². The quantitative estimate of drug-likeness (QED) is 0.761. The Kier molecular flexibility index (Phi) is 5.88. The second kappa shape index (κ2) is 8.40. The van der Waals surface area contributed by atoms with E-state index in [4.69, 9.17) is 21.1 Å². The molecule has 1 aromatic heterocycles. The fourth-order valence-corrected chi connectivity index (χ4v) is 4.86. The van der Waals surface area contributed by atoms with E-state index < -0.39 is 0 Å². The molecule has 0 N–H and O–H groups in total. The lowest BCUT2D eigenvalue weighted by atomic mass is 9.81. The van der Waals surface area contributed by atoms with Crippen molar-refractivity contribution in [3.63, 3.8) is 0 Å². The van der Waals surface area contributed by atoms with Crippen LogP contribution in [0.4, 0.5) is 0 Å². The molecule has 2 heterocycles. The molecule has 0 atom stereocenters. The summed E-state index contributed by atoms with van der Waals surface area (Å²) in [6.07, 6.45) is 3.67. The fraction of sp³-hybridized carbons (Fsp3) is 0.619. The molecule has 0 spiro atoms. The summed E-state index contributed by atoms with van der Waals surface area (Å²) < 4.78 is 14.1. The molecule has 4 rings (SSSR count). The van der Waals surface area contributed by atoms with Crippen molar-refractivity contribution in [2.45, 2.75) is 32.2 Å². The lowest BCUT2D eigenvalue weighted by molar-refractivity contribution is -0.141. The standard InChI is InChI=1S/C21H28ClN3O4/c1-23-17-12-19(28-2)16(22)11-18(17)25(21(23)27)13-14-3-5-15(6-4-14)20(26)24-7-9-29-10-8-24/h11-12,14-15H,3-10,13H2,1-2H3. The first-order valence-corrected chi connectivity index (χ1v) is 10.7. The minimum Gasteiger partial charge on any atom is -0.495 e. The lowest BCUT2D eigenvalue weighted by Crippen LogP contribution is -2.44. The topological polar surface area (TPSA) is 65.7 Å². The highest BCUT2D eigenvalue weighted by atomic mass is 35.5. The molecule has 1 aliphatic heterocycles. The fourth-order valence-electron chi connectivity index (χ4n) is 4.63. The average Bonchev–Trinajstić information content (AvgIpc) is 2.98. The zero-order chi connectivity index (χ0) is 20.5. The Morgan fingerprint density at radius 2 is 1.86 bits per heavy atom. The first kappa shape index (κ1) is 20.3. The van der Waals surface area contributed by atoms with Crippen molar-refractivity contribution in [2.75, 3.05) is 33.4 Å². The van der Waals surface area contributed by atoms with Crippen molar-refractivity contribution < 1.29 is 14.3 Å². The molecule has 158 valence electrons. The summed E-state index contributed by atoms with van der Waals surface area (Å²) in [4.78, 5) is 27.5. The van der Waals surface area contributed by atoms with Gasteiger partial charge in [0.05, 0.1) is 36.4 Å². The zero-order valence-corrected chi connectivity index (χ0v) is 17.8. The molecule has 1 aromatic carbocycles. The van der Waals surface area contributed by atoms with Crippen LogP contribution in [0.5, 0.6) is 5.75 Å². The summed E-state index contributed by atoms with van der Waals surface area (Å²) in [7, 11) is 3.34. The van der Waals surface area contributed by atoms with Gasteiger partial charge in [-0.1, -0.05) is 11.6 Å². The molecule has 1 amide bonds. The lowest BCUT2D eigenvalue weighted by Gasteiger charge is -2.34. The Morgan fingerprint density at radius 3 is 2.52 bits per heavy atom. The molecule has 2 fully saturated rings. The van der Waals surface area contributed by atoms with Gasteiger partial charge in [0.15, 0.2) is 0 Å². The van der Waals surface area contributed by atoms with Crippen molar-refractivity contribution in [1.29, 1.82) is 0 Å². The van der Waals surface area contributed by atoms with Crippen LogP contribution in [-0.4, -0.2) is 53.4 Å². The molecule has 29 heavy (non-hydrogen) atoms. The Labute approximate surface area is 175 Å². The molecule has 7 nitrogen and oxygen atoms in total. The number of nitrogens with zero attached hydrogens (tertiary/aromatic N) is 3. The van der Waals surface area contributed by atoms with Crippen LogP contribution in [0.1, 0.15) is 25.7 Å². The minimum absolute atomic E-state index is 0.0455. The van der Waals surface area contributed by atoms with Crippen LogP contribution in [0.2, 0.25) is 5.02 Å². The zero-order valence-electron chi connectivity index (χ0n) is 17.0. The van der Waals surface area contributed by atoms with Gasteiger partial charge in [-0.15, -0.1) is 0 Å². The van der Waals surface area contributed by atoms with Crippen molar-refractivity contribution in [3.8, 4) is 5.75 Å². The van der Waals surface area contributed by atoms with Crippen molar-refractivity contribution >= 4 is 28.5 Å². The number of halogens is 1. The van der Waals surface area contributed by atoms with E-state index in [9.17, 15) is 9.59 Å². The number of hydrogen-bond acceptors (Lipinski definition) is 4. The molecule has 2 aromatic rings. The molecule has 1 saturated carbocycles. The third kappa shape index (κ3) is 3.90. The van der Waals surface area contributed by atoms with E-state index in [2.05, 4.69) is 0 Å². The van der Waals surface area contributed by atoms with Gasteiger partial charge >= 0.3 is 5.69 Å². The smallest absolute Gasteiger partial charge is 0.328 e. The largest absolute Gasteiger partial charge is 0.495 e. The molecular formula is C21H28ClN3O4. The van der Waals surface area contributed by atoms with E-state index in [1.807, 2.05) is 21.6 Å². The van der Waals surface area contributed by atoms with E-state index in [0.29, 0.717) is 49.5 Å². The number of morpholine rings is 1. The van der Waals surface area contributed by atoms with E-state index >= 15 is 0 Å². The number of imidazole rings is 1. The molecule has 0 unspecified atom stereocenters. The summed E-state index contributed by atoms with van der Waals surface area (Å²) in [5, 5.41) is 0.499. The highest BCUT2D eigenvalue weighted by Crippen LogP contribution is 2.33. The molecule has 2 aliphatic rings. The van der Waals surface area contributed by atoms with Gasteiger partial charge in [0.25, 0.3) is 0 Å². The SMILES string of the molecule is COc1cc2c(cc1Cl)n(CC1CCC(C(=O)N3CCOCC3)CC1)c(=O)n2C. The van der Waals surface area contributed by atoms with E-state index in [0.717, 1.165) is 36.7 Å². The maximum Gasteiger partial charge on any atom is 0.328 e. The number of hydrogen-bond donors (Lipinski definition) is 0. The number of aromatic nitrogens is 2. The third-order valence-corrected chi connectivity index (χ3v) is 6.67. The minimum atomic E-state index is -0.0455. The van der Waals surface area contributed by atoms with E-state index in [1.54, 1.807) is 18.7 Å². The first-order chi connectivity index (χ1) is 14.0. The first-order valence-electron chi connectivity index (χ1n) is 10.3. The number of carbonyl (C=O) groups excluding carboxylic acids is 1. The van der Waals surface area contributed by atoms with Crippen molar-refractivity contribution in [3.05, 3.63) is 27.6 Å². The molecular weight excluding hydrogens is 394 g/mol. The third-order valence-electron chi connectivity index (χ3n) is 6.38. The summed E-state index contributed by atoms with van der Waals surface area (Å²) >= 11 is 6.31. The van der Waals surface area contributed by atoms with Crippen LogP contribution in [0.15, 0.2) is 16.9 Å². The van der Waals surface area contributed by atoms with Gasteiger partial charge in [0.2, 0.25) is 5.91 Å². The van der Waals surface area contributed by atoms with Crippen LogP contribution in [0, 0.1) is 11.8 Å². The monoisotopic (exact) mass is 421 g/mol. The predicted molar refractivity (Wildman–Crippen MR) is 112 cm³/mol. The highest BCUT2D eigenvalue weighted by molar-refractivity contribution is 6.32. The number of methoxy groups -OCH3 is 1. The van der Waals surface area contributed by atoms with Crippen LogP contribution < -0.4 is 10.4 Å². The second-order valence-corrected chi connectivity index (χ2v) is 8.49. The summed E-state index contributed by atoms with van der Waals surface area (Å²) in [5.41, 5.74) is 1.60.